The zero-order chi connectivity index (χ0) is 14.3. The highest BCUT2D eigenvalue weighted by Gasteiger charge is 2.24. The SMILES string of the molecule is CC(C)OC(=O)c1c(Cl)ccc2[nH]c3c(c12)CCCC3. The lowest BCUT2D eigenvalue weighted by atomic mass is 9.94. The Morgan fingerprint density at radius 3 is 2.80 bits per heavy atom. The smallest absolute Gasteiger partial charge is 0.340 e. The summed E-state index contributed by atoms with van der Waals surface area (Å²) in [5.74, 6) is -0.331. The molecule has 0 aliphatic heterocycles. The maximum atomic E-state index is 12.4. The van der Waals surface area contributed by atoms with E-state index in [9.17, 15) is 4.79 Å². The van der Waals surface area contributed by atoms with Gasteiger partial charge in [0.25, 0.3) is 0 Å². The number of rotatable bonds is 2. The molecule has 106 valence electrons. The van der Waals surface area contributed by atoms with E-state index in [1.165, 1.54) is 17.7 Å². The van der Waals surface area contributed by atoms with Crippen molar-refractivity contribution in [2.45, 2.75) is 45.6 Å². The molecule has 1 aliphatic carbocycles. The van der Waals surface area contributed by atoms with Gasteiger partial charge in [0.15, 0.2) is 0 Å². The number of hydrogen-bond donors (Lipinski definition) is 1. The van der Waals surface area contributed by atoms with Crippen LogP contribution in [0.3, 0.4) is 0 Å². The van der Waals surface area contributed by atoms with E-state index in [0.29, 0.717) is 10.6 Å². The first-order chi connectivity index (χ1) is 9.58. The summed E-state index contributed by atoms with van der Waals surface area (Å²) in [6.07, 6.45) is 4.24. The summed E-state index contributed by atoms with van der Waals surface area (Å²) < 4.78 is 5.35. The Balaban J connectivity index is 2.21. The Bertz CT molecular complexity index is 673. The van der Waals surface area contributed by atoms with E-state index >= 15 is 0 Å². The molecule has 3 nitrogen and oxygen atoms in total. The van der Waals surface area contributed by atoms with Crippen molar-refractivity contribution in [2.75, 3.05) is 0 Å². The lowest BCUT2D eigenvalue weighted by molar-refractivity contribution is 0.0380. The van der Waals surface area contributed by atoms with Gasteiger partial charge in [0.2, 0.25) is 0 Å². The third-order valence-corrected chi connectivity index (χ3v) is 4.07. The van der Waals surface area contributed by atoms with E-state index in [-0.39, 0.29) is 12.1 Å². The van der Waals surface area contributed by atoms with Crippen LogP contribution >= 0.6 is 11.6 Å². The third kappa shape index (κ3) is 2.20. The largest absolute Gasteiger partial charge is 0.459 e. The second kappa shape index (κ2) is 5.13. The molecule has 1 aromatic heterocycles. The van der Waals surface area contributed by atoms with E-state index in [2.05, 4.69) is 4.98 Å². The third-order valence-electron chi connectivity index (χ3n) is 3.76. The van der Waals surface area contributed by atoms with Gasteiger partial charge in [0.1, 0.15) is 0 Å². The van der Waals surface area contributed by atoms with Crippen molar-refractivity contribution in [1.82, 2.24) is 4.98 Å². The molecule has 0 saturated carbocycles. The summed E-state index contributed by atoms with van der Waals surface area (Å²) in [6, 6.07) is 3.71. The minimum atomic E-state index is -0.331. The summed E-state index contributed by atoms with van der Waals surface area (Å²) in [5, 5.41) is 1.42. The Morgan fingerprint density at radius 1 is 1.30 bits per heavy atom. The van der Waals surface area contributed by atoms with E-state index < -0.39 is 0 Å². The predicted molar refractivity (Wildman–Crippen MR) is 80.5 cm³/mol. The molecule has 0 spiro atoms. The van der Waals surface area contributed by atoms with Gasteiger partial charge < -0.3 is 9.72 Å². The number of aromatic amines is 1. The Kier molecular flexibility index (Phi) is 3.47. The highest BCUT2D eigenvalue weighted by molar-refractivity contribution is 6.35. The van der Waals surface area contributed by atoms with Crippen LogP contribution in [-0.2, 0) is 17.6 Å². The average Bonchev–Trinajstić information content (AvgIpc) is 2.76. The van der Waals surface area contributed by atoms with Crippen LogP contribution in [0.1, 0.15) is 48.3 Å². The summed E-state index contributed by atoms with van der Waals surface area (Å²) in [5.41, 5.74) is 3.98. The van der Waals surface area contributed by atoms with Crippen molar-refractivity contribution in [3.8, 4) is 0 Å². The molecule has 20 heavy (non-hydrogen) atoms. The number of esters is 1. The Morgan fingerprint density at radius 2 is 2.05 bits per heavy atom. The van der Waals surface area contributed by atoms with Gasteiger partial charge in [-0.25, -0.2) is 4.79 Å². The summed E-state index contributed by atoms with van der Waals surface area (Å²) in [4.78, 5) is 15.8. The molecule has 2 aromatic rings. The van der Waals surface area contributed by atoms with Gasteiger partial charge in [-0.05, 0) is 57.2 Å². The standard InChI is InChI=1S/C16H18ClNO2/c1-9(2)20-16(19)15-11(17)7-8-13-14(15)10-5-3-4-6-12(10)18-13/h7-9,18H,3-6H2,1-2H3. The van der Waals surface area contributed by atoms with Gasteiger partial charge in [0, 0.05) is 16.6 Å². The predicted octanol–water partition coefficient (Wildman–Crippen LogP) is 4.27. The van der Waals surface area contributed by atoms with Crippen molar-refractivity contribution in [1.29, 1.82) is 0 Å². The van der Waals surface area contributed by atoms with E-state index in [4.69, 9.17) is 16.3 Å². The van der Waals surface area contributed by atoms with Crippen molar-refractivity contribution in [3.63, 3.8) is 0 Å². The van der Waals surface area contributed by atoms with Crippen LogP contribution in [0.2, 0.25) is 5.02 Å². The first-order valence-electron chi connectivity index (χ1n) is 7.11. The number of benzene rings is 1. The molecule has 0 unspecified atom stereocenters. The summed E-state index contributed by atoms with van der Waals surface area (Å²) in [6.45, 7) is 3.69. The van der Waals surface area contributed by atoms with Crippen LogP contribution in [0.15, 0.2) is 12.1 Å². The molecule has 0 fully saturated rings. The van der Waals surface area contributed by atoms with Crippen molar-refractivity contribution < 1.29 is 9.53 Å². The Labute approximate surface area is 123 Å². The highest BCUT2D eigenvalue weighted by atomic mass is 35.5. The van der Waals surface area contributed by atoms with E-state index in [1.54, 1.807) is 6.07 Å². The first-order valence-corrected chi connectivity index (χ1v) is 7.48. The maximum Gasteiger partial charge on any atom is 0.340 e. The molecule has 1 heterocycles. The van der Waals surface area contributed by atoms with Crippen LogP contribution < -0.4 is 0 Å². The van der Waals surface area contributed by atoms with Gasteiger partial charge in [-0.15, -0.1) is 0 Å². The highest BCUT2D eigenvalue weighted by Crippen LogP contribution is 2.35. The van der Waals surface area contributed by atoms with Crippen LogP contribution in [0, 0.1) is 0 Å². The monoisotopic (exact) mass is 291 g/mol. The molecule has 0 saturated heterocycles. The zero-order valence-electron chi connectivity index (χ0n) is 11.8. The van der Waals surface area contributed by atoms with Gasteiger partial charge in [-0.2, -0.15) is 0 Å². The second-order valence-electron chi connectivity index (χ2n) is 5.59. The van der Waals surface area contributed by atoms with Gasteiger partial charge in [-0.3, -0.25) is 0 Å². The fourth-order valence-electron chi connectivity index (χ4n) is 2.95. The fourth-order valence-corrected chi connectivity index (χ4v) is 3.18. The van der Waals surface area contributed by atoms with Crippen molar-refractivity contribution >= 4 is 28.5 Å². The number of aromatic nitrogens is 1. The topological polar surface area (TPSA) is 42.1 Å². The van der Waals surface area contributed by atoms with Gasteiger partial charge in [-0.1, -0.05) is 11.6 Å². The van der Waals surface area contributed by atoms with E-state index in [1.807, 2.05) is 19.9 Å². The average molecular weight is 292 g/mol. The normalized spacial score (nSPS) is 14.6. The molecule has 4 heteroatoms. The minimum Gasteiger partial charge on any atom is -0.459 e. The van der Waals surface area contributed by atoms with Gasteiger partial charge in [0.05, 0.1) is 16.7 Å². The van der Waals surface area contributed by atoms with E-state index in [0.717, 1.165) is 30.2 Å². The second-order valence-corrected chi connectivity index (χ2v) is 6.00. The summed E-state index contributed by atoms with van der Waals surface area (Å²) in [7, 11) is 0. The number of nitrogens with one attached hydrogen (secondary N) is 1. The number of ether oxygens (including phenoxy) is 1. The van der Waals surface area contributed by atoms with Gasteiger partial charge >= 0.3 is 5.97 Å². The molecule has 0 radical (unpaired) electrons. The lowest BCUT2D eigenvalue weighted by Crippen LogP contribution is -2.13. The first kappa shape index (κ1) is 13.5. The number of carbonyl (C=O) groups excluding carboxylic acids is 1. The van der Waals surface area contributed by atoms with Crippen LogP contribution in [0.5, 0.6) is 0 Å². The molecule has 1 aliphatic rings. The minimum absolute atomic E-state index is 0.149. The van der Waals surface area contributed by atoms with Crippen LogP contribution in [0.4, 0.5) is 0 Å². The van der Waals surface area contributed by atoms with Crippen molar-refractivity contribution in [2.24, 2.45) is 0 Å². The number of halogens is 1. The molecular formula is C16H18ClNO2. The number of hydrogen-bond acceptors (Lipinski definition) is 2. The maximum absolute atomic E-state index is 12.4. The Hall–Kier alpha value is -1.48. The zero-order valence-corrected chi connectivity index (χ0v) is 12.5. The number of carbonyl (C=O) groups is 1. The fraction of sp³-hybridized carbons (Fsp3) is 0.438. The molecule has 1 N–H and O–H groups in total. The molecular weight excluding hydrogens is 274 g/mol. The van der Waals surface area contributed by atoms with Crippen LogP contribution in [0.25, 0.3) is 10.9 Å². The molecule has 0 bridgehead atoms. The van der Waals surface area contributed by atoms with Crippen molar-refractivity contribution in [3.05, 3.63) is 34.0 Å². The molecule has 0 amide bonds. The lowest BCUT2D eigenvalue weighted by Gasteiger charge is -2.13. The molecule has 0 atom stereocenters. The number of aryl methyl sites for hydroxylation is 2. The number of fused-ring (bicyclic) bond motifs is 3. The van der Waals surface area contributed by atoms with Crippen LogP contribution in [-0.4, -0.2) is 17.1 Å². The molecule has 3 rings (SSSR count). The molecule has 1 aromatic carbocycles. The quantitative estimate of drug-likeness (QED) is 0.840. The summed E-state index contributed by atoms with van der Waals surface area (Å²) >= 11 is 6.27. The number of H-pyrrole nitrogens is 1.